The smallest absolute Gasteiger partial charge is 0.276 e. The second-order valence-corrected chi connectivity index (χ2v) is 6.70. The average molecular weight is 346 g/mol. The Morgan fingerprint density at radius 2 is 1.77 bits per heavy atom. The summed E-state index contributed by atoms with van der Waals surface area (Å²) in [7, 11) is 0. The van der Waals surface area contributed by atoms with Gasteiger partial charge in [0.05, 0.1) is 11.9 Å². The van der Waals surface area contributed by atoms with Crippen LogP contribution in [0.1, 0.15) is 35.3 Å². The number of carbonyl (C=O) groups is 1. The van der Waals surface area contributed by atoms with Crippen LogP contribution in [0.15, 0.2) is 66.9 Å². The summed E-state index contributed by atoms with van der Waals surface area (Å²) < 4.78 is 1.66. The molecule has 26 heavy (non-hydrogen) atoms. The lowest BCUT2D eigenvalue weighted by Crippen LogP contribution is -2.36. The summed E-state index contributed by atoms with van der Waals surface area (Å²) in [5.41, 5.74) is 2.64. The molecular weight excluding hydrogens is 324 g/mol. The lowest BCUT2D eigenvalue weighted by molar-refractivity contribution is 0.0724. The predicted molar refractivity (Wildman–Crippen MR) is 100 cm³/mol. The van der Waals surface area contributed by atoms with E-state index in [0.29, 0.717) is 5.69 Å². The zero-order valence-corrected chi connectivity index (χ0v) is 14.7. The molecule has 2 heterocycles. The van der Waals surface area contributed by atoms with Crippen LogP contribution in [-0.4, -0.2) is 38.4 Å². The molecule has 0 saturated carbocycles. The summed E-state index contributed by atoms with van der Waals surface area (Å²) in [5, 5.41) is 8.23. The number of carbonyl (C=O) groups excluding carboxylic acids is 1. The number of hydrogen-bond donors (Lipinski definition) is 0. The summed E-state index contributed by atoms with van der Waals surface area (Å²) in [6, 6.07) is 20.5. The highest BCUT2D eigenvalue weighted by atomic mass is 16.2. The van der Waals surface area contributed by atoms with Crippen molar-refractivity contribution in [2.45, 2.75) is 31.7 Å². The third kappa shape index (κ3) is 3.52. The van der Waals surface area contributed by atoms with Gasteiger partial charge in [0.2, 0.25) is 0 Å². The van der Waals surface area contributed by atoms with Crippen LogP contribution in [0.5, 0.6) is 0 Å². The van der Waals surface area contributed by atoms with Crippen molar-refractivity contribution < 1.29 is 4.79 Å². The summed E-state index contributed by atoms with van der Waals surface area (Å²) in [6.45, 7) is 0.802. The summed E-state index contributed by atoms with van der Waals surface area (Å²) in [5.74, 6) is -0.0113. The van der Waals surface area contributed by atoms with Crippen LogP contribution < -0.4 is 0 Å². The molecule has 4 rings (SSSR count). The summed E-state index contributed by atoms with van der Waals surface area (Å²) in [6.07, 6.45) is 5.82. The van der Waals surface area contributed by atoms with E-state index in [-0.39, 0.29) is 11.9 Å². The maximum absolute atomic E-state index is 12.9. The van der Waals surface area contributed by atoms with E-state index in [0.717, 1.165) is 37.9 Å². The van der Waals surface area contributed by atoms with Gasteiger partial charge in [0.15, 0.2) is 5.69 Å². The van der Waals surface area contributed by atoms with Gasteiger partial charge in [0.1, 0.15) is 0 Å². The van der Waals surface area contributed by atoms with Crippen LogP contribution in [-0.2, 0) is 6.42 Å². The first-order valence-electron chi connectivity index (χ1n) is 9.14. The fourth-order valence-electron chi connectivity index (χ4n) is 3.60. The molecule has 132 valence electrons. The number of likely N-dealkylation sites (tertiary alicyclic amines) is 1. The fraction of sp³-hybridized carbons (Fsp3) is 0.286. The Labute approximate surface area is 153 Å². The first-order chi connectivity index (χ1) is 12.8. The Hall–Kier alpha value is -2.95. The number of aromatic nitrogens is 3. The standard InChI is InChI=1S/C21H22N4O/c26-21(20-16-25(23-22-20)19-10-5-2-6-11-19)24-15-7-12-18(24)14-13-17-8-3-1-4-9-17/h1-6,8-11,16,18H,7,12-15H2/t18-/m0/s1. The molecule has 1 atom stereocenters. The molecule has 1 aromatic heterocycles. The van der Waals surface area contributed by atoms with Crippen LogP contribution in [0.3, 0.4) is 0 Å². The van der Waals surface area contributed by atoms with Gasteiger partial charge in [-0.1, -0.05) is 53.7 Å². The van der Waals surface area contributed by atoms with E-state index in [4.69, 9.17) is 0 Å². The topological polar surface area (TPSA) is 51.0 Å². The molecule has 1 aliphatic heterocycles. The number of para-hydroxylation sites is 1. The minimum absolute atomic E-state index is 0.0113. The van der Waals surface area contributed by atoms with E-state index < -0.39 is 0 Å². The third-order valence-electron chi connectivity index (χ3n) is 4.98. The normalized spacial score (nSPS) is 16.8. The molecule has 5 nitrogen and oxygen atoms in total. The van der Waals surface area contributed by atoms with E-state index in [1.807, 2.05) is 41.3 Å². The van der Waals surface area contributed by atoms with E-state index in [1.54, 1.807) is 10.9 Å². The van der Waals surface area contributed by atoms with Gasteiger partial charge in [-0.3, -0.25) is 4.79 Å². The predicted octanol–water partition coefficient (Wildman–Crippen LogP) is 3.50. The zero-order chi connectivity index (χ0) is 17.8. The largest absolute Gasteiger partial charge is 0.334 e. The molecule has 0 spiro atoms. The van der Waals surface area contributed by atoms with Crippen molar-refractivity contribution in [2.75, 3.05) is 6.54 Å². The van der Waals surface area contributed by atoms with Gasteiger partial charge in [-0.05, 0) is 43.4 Å². The second kappa shape index (κ2) is 7.52. The molecule has 1 fully saturated rings. The van der Waals surface area contributed by atoms with Crippen LogP contribution in [0.2, 0.25) is 0 Å². The van der Waals surface area contributed by atoms with Crippen molar-refractivity contribution in [1.29, 1.82) is 0 Å². The van der Waals surface area contributed by atoms with Crippen molar-refractivity contribution in [1.82, 2.24) is 19.9 Å². The number of aryl methyl sites for hydroxylation is 1. The average Bonchev–Trinajstić information content (AvgIpc) is 3.37. The highest BCUT2D eigenvalue weighted by molar-refractivity contribution is 5.92. The molecule has 1 saturated heterocycles. The quantitative estimate of drug-likeness (QED) is 0.710. The summed E-state index contributed by atoms with van der Waals surface area (Å²) in [4.78, 5) is 14.9. The highest BCUT2D eigenvalue weighted by Crippen LogP contribution is 2.23. The monoisotopic (exact) mass is 346 g/mol. The molecule has 0 N–H and O–H groups in total. The molecule has 2 aromatic carbocycles. The first-order valence-corrected chi connectivity index (χ1v) is 9.14. The Bertz CT molecular complexity index is 860. The lowest BCUT2D eigenvalue weighted by atomic mass is 10.0. The van der Waals surface area contributed by atoms with Gasteiger partial charge >= 0.3 is 0 Å². The van der Waals surface area contributed by atoms with Crippen molar-refractivity contribution in [2.24, 2.45) is 0 Å². The van der Waals surface area contributed by atoms with Gasteiger partial charge in [-0.15, -0.1) is 5.10 Å². The molecular formula is C21H22N4O. The number of amides is 1. The fourth-order valence-corrected chi connectivity index (χ4v) is 3.60. The molecule has 0 aliphatic carbocycles. The Morgan fingerprint density at radius 1 is 1.04 bits per heavy atom. The lowest BCUT2D eigenvalue weighted by Gasteiger charge is -2.23. The molecule has 3 aromatic rings. The Kier molecular flexibility index (Phi) is 4.78. The number of benzene rings is 2. The number of rotatable bonds is 5. The van der Waals surface area contributed by atoms with E-state index in [1.165, 1.54) is 5.56 Å². The number of hydrogen-bond acceptors (Lipinski definition) is 3. The van der Waals surface area contributed by atoms with Crippen molar-refractivity contribution >= 4 is 5.91 Å². The Balaban J connectivity index is 1.44. The summed E-state index contributed by atoms with van der Waals surface area (Å²) >= 11 is 0. The first kappa shape index (κ1) is 16.5. The van der Waals surface area contributed by atoms with Crippen LogP contribution >= 0.6 is 0 Å². The van der Waals surface area contributed by atoms with Gasteiger partial charge in [0, 0.05) is 12.6 Å². The van der Waals surface area contributed by atoms with E-state index in [2.05, 4.69) is 34.6 Å². The molecule has 1 amide bonds. The van der Waals surface area contributed by atoms with Crippen LogP contribution in [0.25, 0.3) is 5.69 Å². The van der Waals surface area contributed by atoms with Crippen LogP contribution in [0, 0.1) is 0 Å². The zero-order valence-electron chi connectivity index (χ0n) is 14.7. The maximum atomic E-state index is 12.9. The second-order valence-electron chi connectivity index (χ2n) is 6.70. The molecule has 0 bridgehead atoms. The van der Waals surface area contributed by atoms with Crippen molar-refractivity contribution in [3.8, 4) is 5.69 Å². The molecule has 5 heteroatoms. The molecule has 1 aliphatic rings. The molecule has 0 unspecified atom stereocenters. The minimum atomic E-state index is -0.0113. The van der Waals surface area contributed by atoms with Gasteiger partial charge in [0.25, 0.3) is 5.91 Å². The third-order valence-corrected chi connectivity index (χ3v) is 4.98. The van der Waals surface area contributed by atoms with Gasteiger partial charge in [-0.2, -0.15) is 0 Å². The van der Waals surface area contributed by atoms with Gasteiger partial charge in [-0.25, -0.2) is 4.68 Å². The minimum Gasteiger partial charge on any atom is -0.334 e. The SMILES string of the molecule is O=C(c1cn(-c2ccccc2)nn1)N1CCC[C@H]1CCc1ccccc1. The van der Waals surface area contributed by atoms with Gasteiger partial charge < -0.3 is 4.90 Å². The molecule has 0 radical (unpaired) electrons. The Morgan fingerprint density at radius 3 is 2.54 bits per heavy atom. The number of nitrogens with zero attached hydrogens (tertiary/aromatic N) is 4. The van der Waals surface area contributed by atoms with E-state index in [9.17, 15) is 4.79 Å². The highest BCUT2D eigenvalue weighted by Gasteiger charge is 2.30. The van der Waals surface area contributed by atoms with Crippen molar-refractivity contribution in [3.63, 3.8) is 0 Å². The van der Waals surface area contributed by atoms with Crippen molar-refractivity contribution in [3.05, 3.63) is 78.1 Å². The maximum Gasteiger partial charge on any atom is 0.276 e. The van der Waals surface area contributed by atoms with E-state index >= 15 is 0 Å². The van der Waals surface area contributed by atoms with Crippen LogP contribution in [0.4, 0.5) is 0 Å².